The number of rotatable bonds is 5. The van der Waals surface area contributed by atoms with E-state index in [1.54, 1.807) is 0 Å². The summed E-state index contributed by atoms with van der Waals surface area (Å²) in [6, 6.07) is 19.7. The van der Waals surface area contributed by atoms with Crippen LogP contribution in [0.1, 0.15) is 24.1 Å². The second kappa shape index (κ2) is 6.75. The molecular weight excluding hydrogens is 250 g/mol. The van der Waals surface area contributed by atoms with Crippen LogP contribution in [-0.4, -0.2) is 22.6 Å². The maximum Gasteiger partial charge on any atom is 0.407 e. The van der Waals surface area contributed by atoms with E-state index >= 15 is 0 Å². The van der Waals surface area contributed by atoms with Crippen molar-refractivity contribution in [2.24, 2.45) is 0 Å². The minimum Gasteiger partial charge on any atom is -0.465 e. The molecule has 2 aromatic carbocycles. The van der Waals surface area contributed by atoms with Crippen molar-refractivity contribution in [2.45, 2.75) is 19.4 Å². The Morgan fingerprint density at radius 1 is 1.05 bits per heavy atom. The molecule has 0 bridgehead atoms. The van der Waals surface area contributed by atoms with Crippen LogP contribution in [0.3, 0.4) is 0 Å². The second-order valence-corrected chi connectivity index (χ2v) is 4.68. The predicted octanol–water partition coefficient (Wildman–Crippen LogP) is 3.97. The molecule has 0 radical (unpaired) electrons. The molecule has 2 aromatic rings. The highest BCUT2D eigenvalue weighted by atomic mass is 16.4. The number of nitrogens with zero attached hydrogens (tertiary/aromatic N) is 1. The minimum absolute atomic E-state index is 0.152. The van der Waals surface area contributed by atoms with Crippen LogP contribution in [0.5, 0.6) is 0 Å². The molecule has 0 aliphatic heterocycles. The average molecular weight is 269 g/mol. The summed E-state index contributed by atoms with van der Waals surface area (Å²) in [5, 5.41) is 9.41. The molecule has 3 heteroatoms. The van der Waals surface area contributed by atoms with Crippen LogP contribution < -0.4 is 0 Å². The molecule has 0 saturated heterocycles. The van der Waals surface area contributed by atoms with Crippen molar-refractivity contribution in [1.82, 2.24) is 4.90 Å². The van der Waals surface area contributed by atoms with E-state index in [9.17, 15) is 9.90 Å². The summed E-state index contributed by atoms with van der Waals surface area (Å²) in [7, 11) is 0. The van der Waals surface area contributed by atoms with Gasteiger partial charge in [-0.15, -0.1) is 0 Å². The zero-order valence-electron chi connectivity index (χ0n) is 11.6. The normalized spacial score (nSPS) is 11.8. The van der Waals surface area contributed by atoms with Crippen molar-refractivity contribution in [1.29, 1.82) is 0 Å². The fraction of sp³-hybridized carbons (Fsp3) is 0.235. The number of likely N-dealkylation sites (N-methyl/N-ethyl adjacent to an activating group) is 1. The van der Waals surface area contributed by atoms with Crippen LogP contribution in [0.25, 0.3) is 0 Å². The van der Waals surface area contributed by atoms with Crippen LogP contribution in [0.4, 0.5) is 4.79 Å². The summed E-state index contributed by atoms with van der Waals surface area (Å²) in [5.74, 6) is 0. The van der Waals surface area contributed by atoms with Crippen molar-refractivity contribution >= 4 is 6.09 Å². The molecule has 0 saturated carbocycles. The molecule has 0 aliphatic rings. The van der Waals surface area contributed by atoms with E-state index < -0.39 is 6.09 Å². The maximum absolute atomic E-state index is 11.5. The van der Waals surface area contributed by atoms with E-state index in [0.29, 0.717) is 13.0 Å². The first-order valence-corrected chi connectivity index (χ1v) is 6.80. The first-order valence-electron chi connectivity index (χ1n) is 6.80. The third-order valence-corrected chi connectivity index (χ3v) is 3.42. The number of hydrogen-bond acceptors (Lipinski definition) is 1. The highest BCUT2D eigenvalue weighted by Crippen LogP contribution is 2.25. The van der Waals surface area contributed by atoms with E-state index in [1.807, 2.05) is 67.6 Å². The summed E-state index contributed by atoms with van der Waals surface area (Å²) in [6.45, 7) is 2.34. The Kier molecular flexibility index (Phi) is 4.77. The molecule has 0 aliphatic carbocycles. The van der Waals surface area contributed by atoms with Gasteiger partial charge >= 0.3 is 6.09 Å². The summed E-state index contributed by atoms with van der Waals surface area (Å²) in [4.78, 5) is 12.9. The number of carbonyl (C=O) groups is 1. The molecule has 0 fully saturated rings. The highest BCUT2D eigenvalue weighted by molar-refractivity contribution is 5.65. The molecule has 1 N–H and O–H groups in total. The Balaban J connectivity index is 2.31. The molecule has 1 atom stereocenters. The molecule has 0 spiro atoms. The van der Waals surface area contributed by atoms with Gasteiger partial charge in [0.25, 0.3) is 0 Å². The van der Waals surface area contributed by atoms with Gasteiger partial charge in [-0.2, -0.15) is 0 Å². The standard InChI is InChI=1S/C17H19NO2/c1-2-18(17(19)20)16(15-11-7-4-8-12-15)13-14-9-5-3-6-10-14/h3-12,16H,2,13H2,1H3,(H,19,20). The third-order valence-electron chi connectivity index (χ3n) is 3.42. The van der Waals surface area contributed by atoms with Gasteiger partial charge in [0, 0.05) is 6.54 Å². The lowest BCUT2D eigenvalue weighted by Gasteiger charge is -2.29. The lowest BCUT2D eigenvalue weighted by molar-refractivity contribution is 0.127. The molecule has 20 heavy (non-hydrogen) atoms. The maximum atomic E-state index is 11.5. The molecule has 3 nitrogen and oxygen atoms in total. The number of benzene rings is 2. The zero-order chi connectivity index (χ0) is 14.4. The van der Waals surface area contributed by atoms with Gasteiger partial charge in [0.1, 0.15) is 0 Å². The summed E-state index contributed by atoms with van der Waals surface area (Å²) in [6.07, 6.45) is -0.192. The van der Waals surface area contributed by atoms with Crippen molar-refractivity contribution in [3.05, 3.63) is 71.8 Å². The van der Waals surface area contributed by atoms with Gasteiger partial charge in [-0.25, -0.2) is 4.79 Å². The quantitative estimate of drug-likeness (QED) is 0.892. The summed E-state index contributed by atoms with van der Waals surface area (Å²) >= 11 is 0. The lowest BCUT2D eigenvalue weighted by Crippen LogP contribution is -2.34. The topological polar surface area (TPSA) is 40.5 Å². The average Bonchev–Trinajstić information content (AvgIpc) is 2.48. The van der Waals surface area contributed by atoms with E-state index in [2.05, 4.69) is 0 Å². The molecule has 2 rings (SSSR count). The van der Waals surface area contributed by atoms with Crippen molar-refractivity contribution in [3.63, 3.8) is 0 Å². The van der Waals surface area contributed by atoms with E-state index in [-0.39, 0.29) is 6.04 Å². The van der Waals surface area contributed by atoms with E-state index in [0.717, 1.165) is 11.1 Å². The molecule has 104 valence electrons. The largest absolute Gasteiger partial charge is 0.465 e. The van der Waals surface area contributed by atoms with Gasteiger partial charge in [0.15, 0.2) is 0 Å². The molecule has 0 heterocycles. The van der Waals surface area contributed by atoms with Crippen molar-refractivity contribution in [2.75, 3.05) is 6.54 Å². The van der Waals surface area contributed by atoms with Crippen molar-refractivity contribution < 1.29 is 9.90 Å². The monoisotopic (exact) mass is 269 g/mol. The lowest BCUT2D eigenvalue weighted by atomic mass is 9.97. The second-order valence-electron chi connectivity index (χ2n) is 4.68. The third kappa shape index (κ3) is 3.38. The first-order chi connectivity index (χ1) is 9.72. The molecule has 0 aromatic heterocycles. The zero-order valence-corrected chi connectivity index (χ0v) is 11.6. The van der Waals surface area contributed by atoms with E-state index in [1.165, 1.54) is 4.90 Å². The summed E-state index contributed by atoms with van der Waals surface area (Å²) in [5.41, 5.74) is 2.17. The fourth-order valence-corrected chi connectivity index (χ4v) is 2.41. The number of amides is 1. The fourth-order valence-electron chi connectivity index (χ4n) is 2.41. The van der Waals surface area contributed by atoms with Crippen LogP contribution in [-0.2, 0) is 6.42 Å². The van der Waals surface area contributed by atoms with Crippen molar-refractivity contribution in [3.8, 4) is 0 Å². The number of carboxylic acid groups (broad SMARTS) is 1. The van der Waals surface area contributed by atoms with Gasteiger partial charge in [0.05, 0.1) is 6.04 Å². The smallest absolute Gasteiger partial charge is 0.407 e. The Labute approximate surface area is 119 Å². The Morgan fingerprint density at radius 3 is 2.10 bits per heavy atom. The Bertz CT molecular complexity index is 539. The molecule has 1 unspecified atom stereocenters. The van der Waals surface area contributed by atoms with Crippen LogP contribution in [0.2, 0.25) is 0 Å². The molecular formula is C17H19NO2. The molecule has 1 amide bonds. The summed E-state index contributed by atoms with van der Waals surface area (Å²) < 4.78 is 0. The van der Waals surface area contributed by atoms with Crippen LogP contribution in [0.15, 0.2) is 60.7 Å². The van der Waals surface area contributed by atoms with Crippen LogP contribution in [0, 0.1) is 0 Å². The van der Waals surface area contributed by atoms with E-state index in [4.69, 9.17) is 0 Å². The van der Waals surface area contributed by atoms with Gasteiger partial charge in [-0.3, -0.25) is 0 Å². The van der Waals surface area contributed by atoms with Gasteiger partial charge < -0.3 is 10.0 Å². The Morgan fingerprint density at radius 2 is 1.60 bits per heavy atom. The first kappa shape index (κ1) is 14.1. The van der Waals surface area contributed by atoms with Gasteiger partial charge in [-0.05, 0) is 24.5 Å². The Hall–Kier alpha value is -2.29. The van der Waals surface area contributed by atoms with Gasteiger partial charge in [-0.1, -0.05) is 60.7 Å². The minimum atomic E-state index is -0.878. The predicted molar refractivity (Wildman–Crippen MR) is 79.7 cm³/mol. The SMILES string of the molecule is CCN(C(=O)O)C(Cc1ccccc1)c1ccccc1. The van der Waals surface area contributed by atoms with Crippen LogP contribution >= 0.6 is 0 Å². The highest BCUT2D eigenvalue weighted by Gasteiger charge is 2.23. The number of hydrogen-bond donors (Lipinski definition) is 1. The van der Waals surface area contributed by atoms with Gasteiger partial charge in [0.2, 0.25) is 0 Å².